The van der Waals surface area contributed by atoms with E-state index in [4.69, 9.17) is 4.18 Å². The van der Waals surface area contributed by atoms with Gasteiger partial charge in [-0.25, -0.2) is 0 Å². The minimum absolute atomic E-state index is 0.0581. The fraction of sp³-hybridized carbons (Fsp3) is 0.700. The maximum atomic E-state index is 11.2. The fourth-order valence-electron chi connectivity index (χ4n) is 0.922. The Balaban J connectivity index is 3.58. The molecule has 0 saturated heterocycles. The van der Waals surface area contributed by atoms with Crippen molar-refractivity contribution in [2.75, 3.05) is 18.9 Å². The summed E-state index contributed by atoms with van der Waals surface area (Å²) in [5.41, 5.74) is 0. The lowest BCUT2D eigenvalue weighted by Gasteiger charge is -2.05. The van der Waals surface area contributed by atoms with E-state index in [0.29, 0.717) is 19.4 Å². The summed E-state index contributed by atoms with van der Waals surface area (Å²) in [6, 6.07) is 0. The Morgan fingerprint density at radius 3 is 2.69 bits per heavy atom. The zero-order chi connectivity index (χ0) is 12.4. The van der Waals surface area contributed by atoms with Crippen molar-refractivity contribution in [3.05, 3.63) is 12.7 Å². The molecule has 6 heteroatoms. The van der Waals surface area contributed by atoms with E-state index < -0.39 is 10.1 Å². The zero-order valence-corrected chi connectivity index (χ0v) is 10.4. The molecule has 0 radical (unpaired) electrons. The van der Waals surface area contributed by atoms with Gasteiger partial charge in [0.25, 0.3) is 10.1 Å². The summed E-state index contributed by atoms with van der Waals surface area (Å²) in [6.45, 7) is 5.69. The van der Waals surface area contributed by atoms with E-state index in [-0.39, 0.29) is 18.3 Å². The van der Waals surface area contributed by atoms with E-state index in [9.17, 15) is 13.2 Å². The second-order valence-corrected chi connectivity index (χ2v) is 5.05. The third-order valence-corrected chi connectivity index (χ3v) is 3.13. The van der Waals surface area contributed by atoms with Gasteiger partial charge in [-0.2, -0.15) is 8.42 Å². The maximum Gasteiger partial charge on any atom is 0.267 e. The lowest BCUT2D eigenvalue weighted by Crippen LogP contribution is -2.23. The van der Waals surface area contributed by atoms with Gasteiger partial charge in [-0.3, -0.25) is 8.98 Å². The normalized spacial score (nSPS) is 11.1. The Morgan fingerprint density at radius 1 is 1.44 bits per heavy atom. The van der Waals surface area contributed by atoms with Crippen LogP contribution in [-0.4, -0.2) is 33.2 Å². The molecule has 0 rings (SSSR count). The Hall–Kier alpha value is -0.880. The molecule has 0 heterocycles. The second-order valence-electron chi connectivity index (χ2n) is 3.29. The minimum Gasteiger partial charge on any atom is -0.352 e. The first-order valence-corrected chi connectivity index (χ1v) is 6.87. The third kappa shape index (κ3) is 8.43. The molecular weight excluding hydrogens is 230 g/mol. The number of carbonyl (C=O) groups is 1. The van der Waals surface area contributed by atoms with Crippen molar-refractivity contribution in [3.63, 3.8) is 0 Å². The van der Waals surface area contributed by atoms with Crippen LogP contribution in [0.4, 0.5) is 0 Å². The van der Waals surface area contributed by atoms with Crippen LogP contribution in [0.5, 0.6) is 0 Å². The van der Waals surface area contributed by atoms with Crippen molar-refractivity contribution < 1.29 is 17.4 Å². The van der Waals surface area contributed by atoms with Gasteiger partial charge in [0, 0.05) is 6.54 Å². The van der Waals surface area contributed by atoms with Crippen molar-refractivity contribution in [1.82, 2.24) is 5.32 Å². The Labute approximate surface area is 97.0 Å². The van der Waals surface area contributed by atoms with Crippen LogP contribution >= 0.6 is 0 Å². The largest absolute Gasteiger partial charge is 0.352 e. The summed E-state index contributed by atoms with van der Waals surface area (Å²) in [5, 5.41) is 2.53. The molecule has 0 aromatic rings. The van der Waals surface area contributed by atoms with Crippen LogP contribution in [0.2, 0.25) is 0 Å². The van der Waals surface area contributed by atoms with Gasteiger partial charge in [0.05, 0.1) is 12.4 Å². The number of hydrogen-bond acceptors (Lipinski definition) is 4. The SMILES string of the molecule is C=CC(=O)NCCCOS(=O)(=O)CCCC. The highest BCUT2D eigenvalue weighted by Gasteiger charge is 2.09. The quantitative estimate of drug-likeness (QED) is 0.373. The molecule has 0 aromatic heterocycles. The molecular formula is C10H19NO4S. The molecule has 0 spiro atoms. The van der Waals surface area contributed by atoms with Gasteiger partial charge >= 0.3 is 0 Å². The summed E-state index contributed by atoms with van der Waals surface area (Å²) >= 11 is 0. The Bertz CT molecular complexity index is 311. The van der Waals surface area contributed by atoms with Crippen molar-refractivity contribution in [2.45, 2.75) is 26.2 Å². The predicted octanol–water partition coefficient (Wildman–Crippen LogP) is 0.825. The Kier molecular flexibility index (Phi) is 7.84. The molecule has 0 bridgehead atoms. The molecule has 0 fully saturated rings. The second kappa shape index (κ2) is 8.29. The first-order valence-electron chi connectivity index (χ1n) is 5.29. The number of amides is 1. The third-order valence-electron chi connectivity index (χ3n) is 1.82. The lowest BCUT2D eigenvalue weighted by atomic mass is 10.4. The van der Waals surface area contributed by atoms with Gasteiger partial charge in [-0.1, -0.05) is 19.9 Å². The first-order chi connectivity index (χ1) is 7.52. The number of nitrogens with one attached hydrogen (secondary N) is 1. The van der Waals surface area contributed by atoms with E-state index in [1.165, 1.54) is 6.08 Å². The number of hydrogen-bond donors (Lipinski definition) is 1. The van der Waals surface area contributed by atoms with Crippen LogP contribution in [0.1, 0.15) is 26.2 Å². The van der Waals surface area contributed by atoms with Gasteiger partial charge in [0.1, 0.15) is 0 Å². The van der Waals surface area contributed by atoms with E-state index in [1.807, 2.05) is 6.92 Å². The molecule has 0 atom stereocenters. The molecule has 1 amide bonds. The van der Waals surface area contributed by atoms with E-state index >= 15 is 0 Å². The van der Waals surface area contributed by atoms with Gasteiger partial charge < -0.3 is 5.32 Å². The molecule has 1 N–H and O–H groups in total. The predicted molar refractivity (Wildman–Crippen MR) is 62.5 cm³/mol. The molecule has 0 aliphatic rings. The van der Waals surface area contributed by atoms with Crippen LogP contribution in [0.25, 0.3) is 0 Å². The van der Waals surface area contributed by atoms with Crippen LogP contribution < -0.4 is 5.32 Å². The minimum atomic E-state index is -3.38. The van der Waals surface area contributed by atoms with Crippen LogP contribution in [0.3, 0.4) is 0 Å². The topological polar surface area (TPSA) is 72.5 Å². The summed E-state index contributed by atoms with van der Waals surface area (Å²) < 4.78 is 27.2. The van der Waals surface area contributed by atoms with E-state index in [2.05, 4.69) is 11.9 Å². The Morgan fingerprint density at radius 2 is 2.12 bits per heavy atom. The molecule has 0 unspecified atom stereocenters. The van der Waals surface area contributed by atoms with Crippen LogP contribution in [0, 0.1) is 0 Å². The standard InChI is InChI=1S/C10H19NO4S/c1-3-5-9-16(13,14)15-8-6-7-11-10(12)4-2/h4H,2-3,5-9H2,1H3,(H,11,12). The molecule has 0 aliphatic carbocycles. The first kappa shape index (κ1) is 15.1. The smallest absolute Gasteiger partial charge is 0.267 e. The van der Waals surface area contributed by atoms with Crippen LogP contribution in [-0.2, 0) is 19.1 Å². The number of unbranched alkanes of at least 4 members (excludes halogenated alkanes) is 1. The average Bonchev–Trinajstić information content (AvgIpc) is 2.25. The van der Waals surface area contributed by atoms with Gasteiger partial charge in [0.15, 0.2) is 0 Å². The average molecular weight is 249 g/mol. The molecule has 0 saturated carbocycles. The molecule has 5 nitrogen and oxygen atoms in total. The van der Waals surface area contributed by atoms with Gasteiger partial charge in [-0.15, -0.1) is 0 Å². The molecule has 0 aliphatic heterocycles. The van der Waals surface area contributed by atoms with Crippen molar-refractivity contribution in [3.8, 4) is 0 Å². The zero-order valence-electron chi connectivity index (χ0n) is 9.57. The summed E-state index contributed by atoms with van der Waals surface area (Å²) in [4.78, 5) is 10.7. The van der Waals surface area contributed by atoms with Crippen molar-refractivity contribution in [2.24, 2.45) is 0 Å². The number of rotatable bonds is 9. The van der Waals surface area contributed by atoms with Crippen molar-refractivity contribution >= 4 is 16.0 Å². The monoisotopic (exact) mass is 249 g/mol. The fourth-order valence-corrected chi connectivity index (χ4v) is 2.05. The number of carbonyl (C=O) groups excluding carboxylic acids is 1. The van der Waals surface area contributed by atoms with Crippen molar-refractivity contribution in [1.29, 1.82) is 0 Å². The van der Waals surface area contributed by atoms with E-state index in [1.54, 1.807) is 0 Å². The highest BCUT2D eigenvalue weighted by atomic mass is 32.2. The van der Waals surface area contributed by atoms with E-state index in [0.717, 1.165) is 6.42 Å². The lowest BCUT2D eigenvalue weighted by molar-refractivity contribution is -0.116. The highest BCUT2D eigenvalue weighted by molar-refractivity contribution is 7.86. The molecule has 0 aromatic carbocycles. The van der Waals surface area contributed by atoms with Crippen LogP contribution in [0.15, 0.2) is 12.7 Å². The summed E-state index contributed by atoms with van der Waals surface area (Å²) in [7, 11) is -3.38. The maximum absolute atomic E-state index is 11.2. The molecule has 94 valence electrons. The summed E-state index contributed by atoms with van der Waals surface area (Å²) in [5.74, 6) is -0.212. The van der Waals surface area contributed by atoms with Gasteiger partial charge in [-0.05, 0) is 18.9 Å². The summed E-state index contributed by atoms with van der Waals surface area (Å²) in [6.07, 6.45) is 3.05. The highest BCUT2D eigenvalue weighted by Crippen LogP contribution is 1.99. The van der Waals surface area contributed by atoms with Gasteiger partial charge in [0.2, 0.25) is 5.91 Å². The molecule has 16 heavy (non-hydrogen) atoms.